The second-order valence-corrected chi connectivity index (χ2v) is 12.7. The Morgan fingerprint density at radius 2 is 1.76 bits per heavy atom. The summed E-state index contributed by atoms with van der Waals surface area (Å²) in [6.07, 6.45) is 10.0. The van der Waals surface area contributed by atoms with Gasteiger partial charge < -0.3 is 19.8 Å². The molecule has 2 unspecified atom stereocenters. The molecule has 2 fully saturated rings. The molecule has 4 aliphatic rings. The number of carbonyl (C=O) groups excluding carboxylic acids is 3. The van der Waals surface area contributed by atoms with Crippen LogP contribution < -0.4 is 0 Å². The Bertz CT molecular complexity index is 1120. The van der Waals surface area contributed by atoms with E-state index in [2.05, 4.69) is 19.9 Å². The van der Waals surface area contributed by atoms with Crippen LogP contribution in [0.1, 0.15) is 39.2 Å². The highest BCUT2D eigenvalue weighted by molar-refractivity contribution is 8.02. The van der Waals surface area contributed by atoms with Crippen molar-refractivity contribution in [2.45, 2.75) is 61.7 Å². The Morgan fingerprint density at radius 3 is 2.46 bits per heavy atom. The van der Waals surface area contributed by atoms with Crippen molar-refractivity contribution in [1.82, 2.24) is 14.7 Å². The standard InChI is InChI=1S/C29H37N3O4S/c1-4-10-20(2)31-16-9-14-29-23(26(35)32(17-18-33)24(29)27(31)36)22-25(34)30(15-8-13-28(22,3)37-29)19-21-11-6-5-7-12-21/h5-9,11-14,20,22-24,33H,4,10,15-19H2,1-3H3/t20?,22-,23-,24?,28+,29-/m0/s1. The molecule has 5 rings (SSSR count). The van der Waals surface area contributed by atoms with E-state index < -0.39 is 27.4 Å². The molecular formula is C29H37N3O4S. The molecule has 1 N–H and O–H groups in total. The van der Waals surface area contributed by atoms with E-state index in [-0.39, 0.29) is 36.9 Å². The van der Waals surface area contributed by atoms with Crippen molar-refractivity contribution in [1.29, 1.82) is 0 Å². The Hall–Kier alpha value is -2.58. The molecule has 0 bridgehead atoms. The third-order valence-electron chi connectivity index (χ3n) is 8.47. The molecule has 8 heteroatoms. The van der Waals surface area contributed by atoms with Gasteiger partial charge in [-0.05, 0) is 25.8 Å². The quantitative estimate of drug-likeness (QED) is 0.556. The summed E-state index contributed by atoms with van der Waals surface area (Å²) in [5.74, 6) is -1.61. The van der Waals surface area contributed by atoms with Gasteiger partial charge in [0.2, 0.25) is 17.7 Å². The van der Waals surface area contributed by atoms with E-state index in [0.717, 1.165) is 18.4 Å². The minimum atomic E-state index is -0.862. The van der Waals surface area contributed by atoms with Crippen LogP contribution in [0.15, 0.2) is 54.6 Å². The molecule has 37 heavy (non-hydrogen) atoms. The molecule has 1 aromatic rings. The van der Waals surface area contributed by atoms with Crippen LogP contribution >= 0.6 is 11.8 Å². The van der Waals surface area contributed by atoms with Crippen molar-refractivity contribution < 1.29 is 19.5 Å². The number of nitrogens with zero attached hydrogens (tertiary/aromatic N) is 3. The summed E-state index contributed by atoms with van der Waals surface area (Å²) >= 11 is 1.59. The molecule has 1 aromatic carbocycles. The number of rotatable bonds is 7. The van der Waals surface area contributed by atoms with Crippen LogP contribution in [0.4, 0.5) is 0 Å². The number of hydrogen-bond donors (Lipinski definition) is 1. The Labute approximate surface area is 223 Å². The summed E-state index contributed by atoms with van der Waals surface area (Å²) in [5.41, 5.74) is 1.04. The van der Waals surface area contributed by atoms with Crippen LogP contribution in [0.5, 0.6) is 0 Å². The van der Waals surface area contributed by atoms with Gasteiger partial charge in [-0.25, -0.2) is 0 Å². The normalized spacial score (nSPS) is 33.8. The summed E-state index contributed by atoms with van der Waals surface area (Å²) in [4.78, 5) is 47.8. The van der Waals surface area contributed by atoms with E-state index in [1.165, 1.54) is 0 Å². The fraction of sp³-hybridized carbons (Fsp3) is 0.552. The van der Waals surface area contributed by atoms with Gasteiger partial charge in [-0.3, -0.25) is 14.4 Å². The topological polar surface area (TPSA) is 81.2 Å². The number of β-amino-alcohol motifs (C(OH)–C–C–N with tert-alkyl or cyclic N) is 1. The van der Waals surface area contributed by atoms with Gasteiger partial charge in [-0.15, -0.1) is 11.8 Å². The van der Waals surface area contributed by atoms with Gasteiger partial charge in [0, 0.05) is 37.0 Å². The van der Waals surface area contributed by atoms with Crippen molar-refractivity contribution in [3.63, 3.8) is 0 Å². The summed E-state index contributed by atoms with van der Waals surface area (Å²) in [5, 5.41) is 9.87. The summed E-state index contributed by atoms with van der Waals surface area (Å²) < 4.78 is -1.49. The van der Waals surface area contributed by atoms with E-state index in [9.17, 15) is 19.5 Å². The monoisotopic (exact) mass is 523 g/mol. The minimum Gasteiger partial charge on any atom is -0.395 e. The molecule has 3 amide bonds. The summed E-state index contributed by atoms with van der Waals surface area (Å²) in [6, 6.07) is 9.18. The zero-order valence-electron chi connectivity index (χ0n) is 21.9. The van der Waals surface area contributed by atoms with Crippen LogP contribution in [-0.4, -0.2) is 85.3 Å². The predicted octanol–water partition coefficient (Wildman–Crippen LogP) is 2.85. The lowest BCUT2D eigenvalue weighted by atomic mass is 9.74. The molecular weight excluding hydrogens is 486 g/mol. The number of amides is 3. The number of benzene rings is 1. The highest BCUT2D eigenvalue weighted by atomic mass is 32.2. The Kier molecular flexibility index (Phi) is 7.00. The van der Waals surface area contributed by atoms with Gasteiger partial charge in [-0.2, -0.15) is 0 Å². The van der Waals surface area contributed by atoms with Gasteiger partial charge >= 0.3 is 0 Å². The predicted molar refractivity (Wildman–Crippen MR) is 145 cm³/mol. The summed E-state index contributed by atoms with van der Waals surface area (Å²) in [6.45, 7) is 7.48. The number of hydrogen-bond acceptors (Lipinski definition) is 5. The minimum absolute atomic E-state index is 0.0396. The van der Waals surface area contributed by atoms with E-state index in [4.69, 9.17) is 0 Å². The smallest absolute Gasteiger partial charge is 0.247 e. The molecule has 1 spiro atoms. The third-order valence-corrected chi connectivity index (χ3v) is 10.3. The average molecular weight is 524 g/mol. The first-order valence-corrected chi connectivity index (χ1v) is 14.2. The van der Waals surface area contributed by atoms with Gasteiger partial charge in [0.05, 0.1) is 23.2 Å². The fourth-order valence-corrected chi connectivity index (χ4v) is 9.01. The fourth-order valence-electron chi connectivity index (χ4n) is 6.85. The molecule has 7 nitrogen and oxygen atoms in total. The molecule has 198 valence electrons. The largest absolute Gasteiger partial charge is 0.395 e. The highest BCUT2D eigenvalue weighted by Crippen LogP contribution is 2.65. The van der Waals surface area contributed by atoms with Gasteiger partial charge in [-0.1, -0.05) is 68.0 Å². The molecule has 0 aliphatic carbocycles. The number of fused-ring (bicyclic) bond motifs is 2. The Balaban J connectivity index is 1.57. The first-order chi connectivity index (χ1) is 17.8. The molecule has 4 aliphatic heterocycles. The number of likely N-dealkylation sites (tertiary alicyclic amines) is 1. The van der Waals surface area contributed by atoms with E-state index >= 15 is 0 Å². The lowest BCUT2D eigenvalue weighted by Gasteiger charge is -2.38. The van der Waals surface area contributed by atoms with Crippen molar-refractivity contribution in [2.24, 2.45) is 11.8 Å². The zero-order chi connectivity index (χ0) is 26.4. The van der Waals surface area contributed by atoms with E-state index in [0.29, 0.717) is 19.6 Å². The van der Waals surface area contributed by atoms with Crippen molar-refractivity contribution >= 4 is 29.5 Å². The second-order valence-electron chi connectivity index (χ2n) is 10.9. The van der Waals surface area contributed by atoms with Crippen LogP contribution in [0.3, 0.4) is 0 Å². The molecule has 2 saturated heterocycles. The summed E-state index contributed by atoms with van der Waals surface area (Å²) in [7, 11) is 0. The molecule has 0 saturated carbocycles. The van der Waals surface area contributed by atoms with Gasteiger partial charge in [0.25, 0.3) is 0 Å². The lowest BCUT2D eigenvalue weighted by Crippen LogP contribution is -2.55. The maximum Gasteiger partial charge on any atom is 0.247 e. The number of aliphatic hydroxyl groups is 1. The first-order valence-electron chi connectivity index (χ1n) is 13.4. The zero-order valence-corrected chi connectivity index (χ0v) is 22.7. The maximum atomic E-state index is 14.2. The number of carbonyl (C=O) groups is 3. The van der Waals surface area contributed by atoms with Gasteiger partial charge in [0.15, 0.2) is 0 Å². The van der Waals surface area contributed by atoms with Crippen LogP contribution in [0, 0.1) is 11.8 Å². The van der Waals surface area contributed by atoms with E-state index in [1.54, 1.807) is 16.7 Å². The van der Waals surface area contributed by atoms with Crippen LogP contribution in [0.2, 0.25) is 0 Å². The van der Waals surface area contributed by atoms with Crippen LogP contribution in [0.25, 0.3) is 0 Å². The maximum absolute atomic E-state index is 14.2. The number of thioether (sulfide) groups is 1. The number of aliphatic hydroxyl groups excluding tert-OH is 1. The molecule has 4 heterocycles. The van der Waals surface area contributed by atoms with Crippen molar-refractivity contribution in [3.8, 4) is 0 Å². The van der Waals surface area contributed by atoms with Crippen LogP contribution in [-0.2, 0) is 20.9 Å². The third kappa shape index (κ3) is 4.13. The molecule has 6 atom stereocenters. The molecule has 0 aromatic heterocycles. The second kappa shape index (κ2) is 9.95. The lowest BCUT2D eigenvalue weighted by molar-refractivity contribution is -0.145. The average Bonchev–Trinajstić information content (AvgIpc) is 3.13. The SMILES string of the molecule is CCCC(C)N1CC=C[C@]23S[C@]4(C)C=CCN(Cc5ccccc5)C(=O)[C@@H]4[C@H]2C(=O)N(CCO)C3C1=O. The highest BCUT2D eigenvalue weighted by Gasteiger charge is 2.73. The molecule has 0 radical (unpaired) electrons. The Morgan fingerprint density at radius 1 is 1.03 bits per heavy atom. The van der Waals surface area contributed by atoms with Crippen molar-refractivity contribution in [3.05, 3.63) is 60.2 Å². The van der Waals surface area contributed by atoms with Crippen molar-refractivity contribution in [2.75, 3.05) is 26.2 Å². The van der Waals surface area contributed by atoms with Gasteiger partial charge in [0.1, 0.15) is 6.04 Å². The first kappa shape index (κ1) is 26.0. The van der Waals surface area contributed by atoms with E-state index in [1.807, 2.05) is 65.3 Å².